The van der Waals surface area contributed by atoms with Crippen LogP contribution in [0.5, 0.6) is 0 Å². The number of rotatable bonds is 1. The first-order valence-electron chi connectivity index (χ1n) is 5.48. The molecule has 5 heteroatoms. The number of benzene rings is 1. The lowest BCUT2D eigenvalue weighted by Gasteiger charge is -2.19. The van der Waals surface area contributed by atoms with Crippen LogP contribution in [0, 0.1) is 5.82 Å². The number of halogens is 2. The Kier molecular flexibility index (Phi) is 3.34. The number of hydrogen-bond acceptors (Lipinski definition) is 2. The summed E-state index contributed by atoms with van der Waals surface area (Å²) in [6.45, 7) is 5.68. The maximum atomic E-state index is 13.1. The minimum absolute atomic E-state index is 0.228. The fourth-order valence-corrected chi connectivity index (χ4v) is 3.02. The van der Waals surface area contributed by atoms with Crippen LogP contribution in [-0.4, -0.2) is 11.4 Å². The molecule has 0 atom stereocenters. The predicted octanol–water partition coefficient (Wildman–Crippen LogP) is 4.22. The van der Waals surface area contributed by atoms with Crippen LogP contribution in [0.2, 0.25) is 5.02 Å². The number of carbonyl (C=O) groups is 1. The van der Waals surface area contributed by atoms with Crippen molar-refractivity contribution in [3.8, 4) is 0 Å². The van der Waals surface area contributed by atoms with E-state index in [9.17, 15) is 9.18 Å². The highest BCUT2D eigenvalue weighted by molar-refractivity contribution is 7.21. The second-order valence-electron chi connectivity index (χ2n) is 5.09. The van der Waals surface area contributed by atoms with Gasteiger partial charge in [-0.1, -0.05) is 11.6 Å². The summed E-state index contributed by atoms with van der Waals surface area (Å²) in [6, 6.07) is 4.32. The van der Waals surface area contributed by atoms with Gasteiger partial charge in [0.1, 0.15) is 10.7 Å². The second kappa shape index (κ2) is 4.52. The first-order valence-corrected chi connectivity index (χ1v) is 6.67. The van der Waals surface area contributed by atoms with Crippen molar-refractivity contribution < 1.29 is 9.18 Å². The van der Waals surface area contributed by atoms with E-state index in [0.29, 0.717) is 20.0 Å². The highest BCUT2D eigenvalue weighted by atomic mass is 35.5. The summed E-state index contributed by atoms with van der Waals surface area (Å²) in [4.78, 5) is 12.5. The lowest BCUT2D eigenvalue weighted by molar-refractivity contribution is 0.0924. The van der Waals surface area contributed by atoms with Crippen LogP contribution < -0.4 is 5.32 Å². The van der Waals surface area contributed by atoms with Crippen molar-refractivity contribution in [3.05, 3.63) is 33.9 Å². The standard InChI is InChI=1S/C13H13ClFNOS/c1-13(2,3)16-12(17)11-10(14)8-5-4-7(15)6-9(8)18-11/h4-6H,1-3H3,(H,16,17). The van der Waals surface area contributed by atoms with E-state index < -0.39 is 0 Å². The molecule has 1 aromatic heterocycles. The molecular weight excluding hydrogens is 273 g/mol. The van der Waals surface area contributed by atoms with E-state index in [-0.39, 0.29) is 17.3 Å². The van der Waals surface area contributed by atoms with Gasteiger partial charge in [0.25, 0.3) is 5.91 Å². The van der Waals surface area contributed by atoms with E-state index in [0.717, 1.165) is 0 Å². The molecule has 0 aliphatic carbocycles. The van der Waals surface area contributed by atoms with E-state index in [4.69, 9.17) is 11.6 Å². The topological polar surface area (TPSA) is 29.1 Å². The second-order valence-corrected chi connectivity index (χ2v) is 6.52. The molecule has 0 saturated carbocycles. The van der Waals surface area contributed by atoms with Crippen molar-refractivity contribution in [2.45, 2.75) is 26.3 Å². The van der Waals surface area contributed by atoms with Crippen LogP contribution in [0.1, 0.15) is 30.4 Å². The van der Waals surface area contributed by atoms with Gasteiger partial charge in [0.05, 0.1) is 5.02 Å². The molecule has 0 bridgehead atoms. The lowest BCUT2D eigenvalue weighted by Crippen LogP contribution is -2.40. The summed E-state index contributed by atoms with van der Waals surface area (Å²) in [5, 5.41) is 3.94. The van der Waals surface area contributed by atoms with Crippen molar-refractivity contribution in [2.24, 2.45) is 0 Å². The van der Waals surface area contributed by atoms with Gasteiger partial charge in [0.15, 0.2) is 0 Å². The molecule has 1 N–H and O–H groups in total. The predicted molar refractivity (Wildman–Crippen MR) is 74.0 cm³/mol. The quantitative estimate of drug-likeness (QED) is 0.835. The van der Waals surface area contributed by atoms with Gasteiger partial charge in [0.2, 0.25) is 0 Å². The maximum Gasteiger partial charge on any atom is 0.263 e. The number of amides is 1. The van der Waals surface area contributed by atoms with Gasteiger partial charge in [-0.15, -0.1) is 11.3 Å². The summed E-state index contributed by atoms with van der Waals surface area (Å²) in [7, 11) is 0. The molecule has 0 fully saturated rings. The molecule has 0 radical (unpaired) electrons. The number of hydrogen-bond donors (Lipinski definition) is 1. The molecule has 96 valence electrons. The van der Waals surface area contributed by atoms with Crippen LogP contribution >= 0.6 is 22.9 Å². The molecule has 0 spiro atoms. The van der Waals surface area contributed by atoms with E-state index in [2.05, 4.69) is 5.32 Å². The number of carbonyl (C=O) groups excluding carboxylic acids is 1. The molecule has 2 nitrogen and oxygen atoms in total. The van der Waals surface area contributed by atoms with Crippen LogP contribution in [0.4, 0.5) is 4.39 Å². The van der Waals surface area contributed by atoms with Crippen molar-refractivity contribution in [1.29, 1.82) is 0 Å². The van der Waals surface area contributed by atoms with Crippen LogP contribution in [0.25, 0.3) is 10.1 Å². The van der Waals surface area contributed by atoms with Crippen LogP contribution in [0.15, 0.2) is 18.2 Å². The Balaban J connectivity index is 2.46. The zero-order valence-corrected chi connectivity index (χ0v) is 11.9. The van der Waals surface area contributed by atoms with Gasteiger partial charge in [-0.05, 0) is 39.0 Å². The zero-order valence-electron chi connectivity index (χ0n) is 10.3. The Morgan fingerprint density at radius 1 is 1.39 bits per heavy atom. The van der Waals surface area contributed by atoms with Gasteiger partial charge >= 0.3 is 0 Å². The highest BCUT2D eigenvalue weighted by Gasteiger charge is 2.21. The summed E-state index contributed by atoms with van der Waals surface area (Å²) in [5.74, 6) is -0.558. The third-order valence-electron chi connectivity index (χ3n) is 2.29. The maximum absolute atomic E-state index is 13.1. The fourth-order valence-electron chi connectivity index (χ4n) is 1.58. The van der Waals surface area contributed by atoms with Gasteiger partial charge < -0.3 is 5.32 Å². The molecule has 2 aromatic rings. The minimum atomic E-state index is -0.332. The monoisotopic (exact) mass is 285 g/mol. The fraction of sp³-hybridized carbons (Fsp3) is 0.308. The minimum Gasteiger partial charge on any atom is -0.347 e. The van der Waals surface area contributed by atoms with Crippen LogP contribution in [-0.2, 0) is 0 Å². The summed E-state index contributed by atoms with van der Waals surface area (Å²) >= 11 is 7.36. The van der Waals surface area contributed by atoms with Crippen LogP contribution in [0.3, 0.4) is 0 Å². The molecule has 1 amide bonds. The van der Waals surface area contributed by atoms with Crippen molar-refractivity contribution in [2.75, 3.05) is 0 Å². The number of nitrogens with one attached hydrogen (secondary N) is 1. The van der Waals surface area contributed by atoms with E-state index in [1.54, 1.807) is 6.07 Å². The molecule has 0 aliphatic rings. The van der Waals surface area contributed by atoms with Crippen molar-refractivity contribution in [3.63, 3.8) is 0 Å². The summed E-state index contributed by atoms with van der Waals surface area (Å²) < 4.78 is 13.8. The normalized spacial score (nSPS) is 11.8. The third kappa shape index (κ3) is 2.65. The third-order valence-corrected chi connectivity index (χ3v) is 3.94. The van der Waals surface area contributed by atoms with Gasteiger partial charge in [-0.3, -0.25) is 4.79 Å². The Morgan fingerprint density at radius 3 is 2.67 bits per heavy atom. The van der Waals surface area contributed by atoms with E-state index >= 15 is 0 Å². The summed E-state index contributed by atoms with van der Waals surface area (Å²) in [5.41, 5.74) is -0.332. The Hall–Kier alpha value is -1.13. The van der Waals surface area contributed by atoms with Gasteiger partial charge in [-0.25, -0.2) is 4.39 Å². The smallest absolute Gasteiger partial charge is 0.263 e. The molecule has 0 saturated heterocycles. The molecule has 18 heavy (non-hydrogen) atoms. The Bertz CT molecular complexity index is 615. The Labute approximate surface area is 114 Å². The molecule has 0 aliphatic heterocycles. The molecule has 1 heterocycles. The molecular formula is C13H13ClFNOS. The van der Waals surface area contributed by atoms with Crippen molar-refractivity contribution >= 4 is 38.9 Å². The van der Waals surface area contributed by atoms with E-state index in [1.807, 2.05) is 20.8 Å². The lowest BCUT2D eigenvalue weighted by atomic mass is 10.1. The number of thiophene rings is 1. The van der Waals surface area contributed by atoms with Crippen molar-refractivity contribution in [1.82, 2.24) is 5.32 Å². The average Bonchev–Trinajstić information content (AvgIpc) is 2.53. The number of fused-ring (bicyclic) bond motifs is 1. The van der Waals surface area contributed by atoms with Gasteiger partial charge in [-0.2, -0.15) is 0 Å². The first-order chi connectivity index (χ1) is 8.28. The largest absolute Gasteiger partial charge is 0.347 e. The molecule has 2 rings (SSSR count). The zero-order chi connectivity index (χ0) is 13.5. The Morgan fingerprint density at radius 2 is 2.06 bits per heavy atom. The van der Waals surface area contributed by atoms with Gasteiger partial charge in [0, 0.05) is 15.6 Å². The average molecular weight is 286 g/mol. The SMILES string of the molecule is CC(C)(C)NC(=O)c1sc2cc(F)ccc2c1Cl. The first kappa shape index (κ1) is 13.3. The molecule has 0 unspecified atom stereocenters. The highest BCUT2D eigenvalue weighted by Crippen LogP contribution is 2.35. The van der Waals surface area contributed by atoms with E-state index in [1.165, 1.54) is 23.5 Å². The summed E-state index contributed by atoms with van der Waals surface area (Å²) in [6.07, 6.45) is 0. The molecule has 1 aromatic carbocycles.